The summed E-state index contributed by atoms with van der Waals surface area (Å²) in [5, 5.41) is 0. The van der Waals surface area contributed by atoms with Crippen LogP contribution in [0.3, 0.4) is 0 Å². The number of ketones is 1. The Labute approximate surface area is 80.9 Å². The van der Waals surface area contributed by atoms with E-state index in [1.54, 1.807) is 0 Å². The van der Waals surface area contributed by atoms with Crippen molar-refractivity contribution < 1.29 is 4.79 Å². The Kier molecular flexibility index (Phi) is 5.18. The van der Waals surface area contributed by atoms with Crippen molar-refractivity contribution in [1.29, 1.82) is 0 Å². The molecule has 0 aliphatic heterocycles. The molecule has 0 rings (SSSR count). The van der Waals surface area contributed by atoms with Crippen LogP contribution in [0.4, 0.5) is 0 Å². The SMILES string of the molecule is CC(C)(C)CC(=O)C(N)CCCN. The number of rotatable bonds is 5. The fraction of sp³-hybridized carbons (Fsp3) is 0.900. The van der Waals surface area contributed by atoms with E-state index in [1.807, 2.05) is 20.8 Å². The highest BCUT2D eigenvalue weighted by Gasteiger charge is 2.20. The molecule has 0 aromatic carbocycles. The summed E-state index contributed by atoms with van der Waals surface area (Å²) in [6.45, 7) is 6.73. The Morgan fingerprint density at radius 1 is 1.38 bits per heavy atom. The maximum atomic E-state index is 11.5. The largest absolute Gasteiger partial charge is 0.330 e. The van der Waals surface area contributed by atoms with Crippen molar-refractivity contribution in [3.8, 4) is 0 Å². The van der Waals surface area contributed by atoms with Gasteiger partial charge in [-0.05, 0) is 24.8 Å². The summed E-state index contributed by atoms with van der Waals surface area (Å²) in [4.78, 5) is 11.5. The van der Waals surface area contributed by atoms with Gasteiger partial charge in [-0.25, -0.2) is 0 Å². The van der Waals surface area contributed by atoms with Crippen molar-refractivity contribution in [3.05, 3.63) is 0 Å². The lowest BCUT2D eigenvalue weighted by molar-refractivity contribution is -0.122. The van der Waals surface area contributed by atoms with Crippen LogP contribution in [0, 0.1) is 5.41 Å². The minimum absolute atomic E-state index is 0.0391. The van der Waals surface area contributed by atoms with Gasteiger partial charge in [-0.3, -0.25) is 4.79 Å². The van der Waals surface area contributed by atoms with Crippen LogP contribution in [0.25, 0.3) is 0 Å². The molecule has 0 aliphatic carbocycles. The number of hydrogen-bond donors (Lipinski definition) is 2. The van der Waals surface area contributed by atoms with Gasteiger partial charge in [-0.1, -0.05) is 20.8 Å². The van der Waals surface area contributed by atoms with E-state index < -0.39 is 0 Å². The topological polar surface area (TPSA) is 69.1 Å². The van der Waals surface area contributed by atoms with E-state index in [-0.39, 0.29) is 17.2 Å². The molecule has 0 fully saturated rings. The van der Waals surface area contributed by atoms with Crippen LogP contribution >= 0.6 is 0 Å². The van der Waals surface area contributed by atoms with E-state index in [0.29, 0.717) is 19.4 Å². The zero-order chi connectivity index (χ0) is 10.5. The molecule has 78 valence electrons. The van der Waals surface area contributed by atoms with Crippen LogP contribution in [0.15, 0.2) is 0 Å². The summed E-state index contributed by atoms with van der Waals surface area (Å²) >= 11 is 0. The zero-order valence-electron chi connectivity index (χ0n) is 8.97. The van der Waals surface area contributed by atoms with Gasteiger partial charge in [0.05, 0.1) is 6.04 Å². The molecular formula is C10H22N2O. The quantitative estimate of drug-likeness (QED) is 0.674. The number of carbonyl (C=O) groups excluding carboxylic acids is 1. The summed E-state index contributed by atoms with van der Waals surface area (Å²) in [6.07, 6.45) is 2.10. The summed E-state index contributed by atoms with van der Waals surface area (Å²) in [7, 11) is 0. The fourth-order valence-corrected chi connectivity index (χ4v) is 1.15. The second kappa shape index (κ2) is 5.35. The van der Waals surface area contributed by atoms with Crippen molar-refractivity contribution >= 4 is 5.78 Å². The van der Waals surface area contributed by atoms with Gasteiger partial charge in [0.1, 0.15) is 5.78 Å². The van der Waals surface area contributed by atoms with Crippen LogP contribution < -0.4 is 11.5 Å². The molecule has 0 aromatic heterocycles. The lowest BCUT2D eigenvalue weighted by Crippen LogP contribution is -2.33. The van der Waals surface area contributed by atoms with Crippen molar-refractivity contribution in [1.82, 2.24) is 0 Å². The predicted molar refractivity (Wildman–Crippen MR) is 55.3 cm³/mol. The molecule has 3 heteroatoms. The van der Waals surface area contributed by atoms with Crippen LogP contribution in [-0.4, -0.2) is 18.4 Å². The Balaban J connectivity index is 3.83. The van der Waals surface area contributed by atoms with Gasteiger partial charge in [-0.15, -0.1) is 0 Å². The molecule has 3 nitrogen and oxygen atoms in total. The Morgan fingerprint density at radius 3 is 2.31 bits per heavy atom. The maximum absolute atomic E-state index is 11.5. The molecule has 0 heterocycles. The third-order valence-electron chi connectivity index (χ3n) is 1.84. The molecule has 0 aromatic rings. The average molecular weight is 186 g/mol. The Hall–Kier alpha value is -0.410. The van der Waals surface area contributed by atoms with E-state index >= 15 is 0 Å². The number of nitrogens with two attached hydrogens (primary N) is 2. The summed E-state index contributed by atoms with van der Waals surface area (Å²) in [6, 6.07) is -0.317. The minimum Gasteiger partial charge on any atom is -0.330 e. The van der Waals surface area contributed by atoms with Gasteiger partial charge in [0.15, 0.2) is 0 Å². The molecule has 1 atom stereocenters. The zero-order valence-corrected chi connectivity index (χ0v) is 8.97. The van der Waals surface area contributed by atoms with Gasteiger partial charge in [-0.2, -0.15) is 0 Å². The molecule has 0 aliphatic rings. The molecule has 4 N–H and O–H groups in total. The van der Waals surface area contributed by atoms with Crippen LogP contribution in [0.2, 0.25) is 0 Å². The number of hydrogen-bond acceptors (Lipinski definition) is 3. The second-order valence-electron chi connectivity index (χ2n) is 4.74. The minimum atomic E-state index is -0.317. The first-order valence-electron chi connectivity index (χ1n) is 4.85. The van der Waals surface area contributed by atoms with Crippen LogP contribution in [-0.2, 0) is 4.79 Å². The van der Waals surface area contributed by atoms with E-state index in [2.05, 4.69) is 0 Å². The lowest BCUT2D eigenvalue weighted by Gasteiger charge is -2.19. The molecule has 0 saturated carbocycles. The van der Waals surface area contributed by atoms with E-state index in [0.717, 1.165) is 6.42 Å². The molecule has 0 bridgehead atoms. The third-order valence-corrected chi connectivity index (χ3v) is 1.84. The molecule has 13 heavy (non-hydrogen) atoms. The fourth-order valence-electron chi connectivity index (χ4n) is 1.15. The summed E-state index contributed by atoms with van der Waals surface area (Å²) in [5.74, 6) is 0.154. The maximum Gasteiger partial charge on any atom is 0.150 e. The van der Waals surface area contributed by atoms with Crippen molar-refractivity contribution in [2.45, 2.75) is 46.1 Å². The monoisotopic (exact) mass is 186 g/mol. The molecule has 0 amide bonds. The second-order valence-corrected chi connectivity index (χ2v) is 4.74. The lowest BCUT2D eigenvalue weighted by atomic mass is 9.87. The third kappa shape index (κ3) is 6.72. The van der Waals surface area contributed by atoms with Gasteiger partial charge >= 0.3 is 0 Å². The highest BCUT2D eigenvalue weighted by molar-refractivity contribution is 5.84. The standard InChI is InChI=1S/C10H22N2O/c1-10(2,3)7-9(13)8(12)5-4-6-11/h8H,4-7,11-12H2,1-3H3. The smallest absolute Gasteiger partial charge is 0.150 e. The Bertz CT molecular complexity index is 161. The first kappa shape index (κ1) is 12.6. The summed E-state index contributed by atoms with van der Waals surface area (Å²) in [5.41, 5.74) is 11.1. The van der Waals surface area contributed by atoms with Crippen LogP contribution in [0.5, 0.6) is 0 Å². The van der Waals surface area contributed by atoms with Crippen molar-refractivity contribution in [2.75, 3.05) is 6.54 Å². The normalized spacial score (nSPS) is 14.2. The number of Topliss-reactive ketones (excluding diaryl/α,β-unsaturated/α-hetero) is 1. The van der Waals surface area contributed by atoms with Gasteiger partial charge < -0.3 is 11.5 Å². The predicted octanol–water partition coefficient (Wildman–Crippen LogP) is 1.06. The molecular weight excluding hydrogens is 164 g/mol. The van der Waals surface area contributed by atoms with Crippen molar-refractivity contribution in [2.24, 2.45) is 16.9 Å². The summed E-state index contributed by atoms with van der Waals surface area (Å²) < 4.78 is 0. The van der Waals surface area contributed by atoms with E-state index in [4.69, 9.17) is 11.5 Å². The van der Waals surface area contributed by atoms with E-state index in [1.165, 1.54) is 0 Å². The Morgan fingerprint density at radius 2 is 1.92 bits per heavy atom. The average Bonchev–Trinajstić information content (AvgIpc) is 1.96. The molecule has 1 unspecified atom stereocenters. The highest BCUT2D eigenvalue weighted by Crippen LogP contribution is 2.19. The molecule has 0 saturated heterocycles. The highest BCUT2D eigenvalue weighted by atomic mass is 16.1. The number of carbonyl (C=O) groups is 1. The van der Waals surface area contributed by atoms with Gasteiger partial charge in [0.2, 0.25) is 0 Å². The van der Waals surface area contributed by atoms with Crippen molar-refractivity contribution in [3.63, 3.8) is 0 Å². The van der Waals surface area contributed by atoms with Crippen LogP contribution in [0.1, 0.15) is 40.0 Å². The molecule has 0 spiro atoms. The van der Waals surface area contributed by atoms with Gasteiger partial charge in [0, 0.05) is 6.42 Å². The first-order valence-corrected chi connectivity index (χ1v) is 4.85. The molecule has 0 radical (unpaired) electrons. The van der Waals surface area contributed by atoms with E-state index in [9.17, 15) is 4.79 Å². The van der Waals surface area contributed by atoms with Gasteiger partial charge in [0.25, 0.3) is 0 Å². The first-order chi connectivity index (χ1) is 5.87.